The Hall–Kier alpha value is -1.24. The maximum atomic E-state index is 12.4. The number of rotatable bonds is 4. The highest BCUT2D eigenvalue weighted by Crippen LogP contribution is 2.22. The standard InChI is InChI=1S/C15H17BrN2O2S/c1-10-4-5-11(2)15(6-10)12(3)18-21(19,20)14-7-13(16)8-17-9-14/h4-9,12,18H,1-3H3. The van der Waals surface area contributed by atoms with E-state index in [9.17, 15) is 8.42 Å². The minimum absolute atomic E-state index is 0.147. The third-order valence-electron chi connectivity index (χ3n) is 3.22. The lowest BCUT2D eigenvalue weighted by atomic mass is 10.0. The molecule has 2 rings (SSSR count). The molecule has 1 N–H and O–H groups in total. The van der Waals surface area contributed by atoms with E-state index < -0.39 is 10.0 Å². The minimum atomic E-state index is -3.60. The highest BCUT2D eigenvalue weighted by molar-refractivity contribution is 9.10. The van der Waals surface area contributed by atoms with Gasteiger partial charge in [0.2, 0.25) is 10.0 Å². The Labute approximate surface area is 133 Å². The molecule has 0 bridgehead atoms. The van der Waals surface area contributed by atoms with Gasteiger partial charge < -0.3 is 0 Å². The van der Waals surface area contributed by atoms with Crippen LogP contribution < -0.4 is 4.72 Å². The zero-order valence-corrected chi connectivity index (χ0v) is 14.5. The van der Waals surface area contributed by atoms with E-state index >= 15 is 0 Å². The zero-order chi connectivity index (χ0) is 15.6. The van der Waals surface area contributed by atoms with Gasteiger partial charge in [0.1, 0.15) is 4.90 Å². The fourth-order valence-corrected chi connectivity index (χ4v) is 3.86. The van der Waals surface area contributed by atoms with Crippen molar-refractivity contribution in [3.8, 4) is 0 Å². The Morgan fingerprint density at radius 1 is 1.19 bits per heavy atom. The molecular weight excluding hydrogens is 352 g/mol. The Morgan fingerprint density at radius 2 is 1.90 bits per heavy atom. The summed E-state index contributed by atoms with van der Waals surface area (Å²) in [5, 5.41) is 0. The number of aryl methyl sites for hydroxylation is 2. The van der Waals surface area contributed by atoms with Crippen molar-refractivity contribution in [1.29, 1.82) is 0 Å². The zero-order valence-electron chi connectivity index (χ0n) is 12.1. The fourth-order valence-electron chi connectivity index (χ4n) is 2.13. The van der Waals surface area contributed by atoms with E-state index in [2.05, 4.69) is 25.6 Å². The van der Waals surface area contributed by atoms with Gasteiger partial charge in [-0.1, -0.05) is 23.8 Å². The second-order valence-electron chi connectivity index (χ2n) is 5.04. The normalized spacial score (nSPS) is 13.1. The van der Waals surface area contributed by atoms with Crippen LogP contribution in [0.25, 0.3) is 0 Å². The summed E-state index contributed by atoms with van der Waals surface area (Å²) in [5.74, 6) is 0. The topological polar surface area (TPSA) is 59.1 Å². The first kappa shape index (κ1) is 16.1. The number of hydrogen-bond donors (Lipinski definition) is 1. The van der Waals surface area contributed by atoms with Crippen LogP contribution in [0.4, 0.5) is 0 Å². The van der Waals surface area contributed by atoms with Crippen molar-refractivity contribution in [1.82, 2.24) is 9.71 Å². The van der Waals surface area contributed by atoms with Crippen LogP contribution in [0.15, 0.2) is 46.0 Å². The molecule has 0 radical (unpaired) electrons. The number of nitrogens with one attached hydrogen (secondary N) is 1. The second-order valence-corrected chi connectivity index (χ2v) is 7.67. The van der Waals surface area contributed by atoms with Gasteiger partial charge in [0.25, 0.3) is 0 Å². The molecule has 1 heterocycles. The molecule has 112 valence electrons. The average molecular weight is 369 g/mol. The molecule has 21 heavy (non-hydrogen) atoms. The summed E-state index contributed by atoms with van der Waals surface area (Å²) < 4.78 is 28.1. The summed E-state index contributed by atoms with van der Waals surface area (Å²) in [6.45, 7) is 5.80. The molecule has 0 aliphatic rings. The molecule has 0 spiro atoms. The molecule has 1 atom stereocenters. The van der Waals surface area contributed by atoms with Gasteiger partial charge in [0, 0.05) is 22.9 Å². The summed E-state index contributed by atoms with van der Waals surface area (Å²) in [7, 11) is -3.60. The van der Waals surface area contributed by atoms with Gasteiger partial charge in [-0.05, 0) is 53.9 Å². The van der Waals surface area contributed by atoms with Gasteiger partial charge in [-0.2, -0.15) is 0 Å². The quantitative estimate of drug-likeness (QED) is 0.898. The Bertz CT molecular complexity index is 760. The van der Waals surface area contributed by atoms with Crippen molar-refractivity contribution in [2.75, 3.05) is 0 Å². The predicted molar refractivity (Wildman–Crippen MR) is 86.6 cm³/mol. The highest BCUT2D eigenvalue weighted by Gasteiger charge is 2.20. The van der Waals surface area contributed by atoms with Crippen LogP contribution in [0.1, 0.15) is 29.7 Å². The van der Waals surface area contributed by atoms with E-state index in [-0.39, 0.29) is 10.9 Å². The molecular formula is C15H17BrN2O2S. The van der Waals surface area contributed by atoms with Crippen molar-refractivity contribution in [3.63, 3.8) is 0 Å². The van der Waals surface area contributed by atoms with Crippen molar-refractivity contribution in [2.45, 2.75) is 31.7 Å². The molecule has 4 nitrogen and oxygen atoms in total. The smallest absolute Gasteiger partial charge is 0.242 e. The van der Waals surface area contributed by atoms with E-state index in [0.29, 0.717) is 4.47 Å². The van der Waals surface area contributed by atoms with Gasteiger partial charge in [0.15, 0.2) is 0 Å². The maximum Gasteiger partial charge on any atom is 0.242 e. The van der Waals surface area contributed by atoms with Gasteiger partial charge in [-0.3, -0.25) is 4.98 Å². The van der Waals surface area contributed by atoms with E-state index in [1.807, 2.05) is 39.0 Å². The van der Waals surface area contributed by atoms with Gasteiger partial charge in [-0.25, -0.2) is 13.1 Å². The van der Waals surface area contributed by atoms with E-state index in [4.69, 9.17) is 0 Å². The van der Waals surface area contributed by atoms with Gasteiger partial charge in [0.05, 0.1) is 0 Å². The number of hydrogen-bond acceptors (Lipinski definition) is 3. The van der Waals surface area contributed by atoms with E-state index in [1.165, 1.54) is 12.3 Å². The van der Waals surface area contributed by atoms with Crippen molar-refractivity contribution in [2.24, 2.45) is 0 Å². The lowest BCUT2D eigenvalue weighted by molar-refractivity contribution is 0.566. The number of sulfonamides is 1. The third-order valence-corrected chi connectivity index (χ3v) is 5.16. The van der Waals surface area contributed by atoms with Crippen LogP contribution >= 0.6 is 15.9 Å². The maximum absolute atomic E-state index is 12.4. The van der Waals surface area contributed by atoms with Crippen molar-refractivity contribution < 1.29 is 8.42 Å². The SMILES string of the molecule is Cc1ccc(C)c(C(C)NS(=O)(=O)c2cncc(Br)c2)c1. The molecule has 6 heteroatoms. The van der Waals surface area contributed by atoms with Crippen LogP contribution in [0.2, 0.25) is 0 Å². The first-order valence-electron chi connectivity index (χ1n) is 6.49. The molecule has 0 saturated heterocycles. The molecule has 0 amide bonds. The average Bonchev–Trinajstić information content (AvgIpc) is 2.41. The molecule has 0 saturated carbocycles. The highest BCUT2D eigenvalue weighted by atomic mass is 79.9. The third kappa shape index (κ3) is 3.90. The van der Waals surface area contributed by atoms with E-state index in [0.717, 1.165) is 16.7 Å². The molecule has 1 aromatic heterocycles. The molecule has 0 aliphatic carbocycles. The Balaban J connectivity index is 2.30. The second kappa shape index (κ2) is 6.25. The number of halogens is 1. The fraction of sp³-hybridized carbons (Fsp3) is 0.267. The number of aromatic nitrogens is 1. The Kier molecular flexibility index (Phi) is 4.81. The molecule has 0 aliphatic heterocycles. The summed E-state index contributed by atoms with van der Waals surface area (Å²) in [5.41, 5.74) is 3.13. The monoisotopic (exact) mass is 368 g/mol. The molecule has 1 aromatic carbocycles. The largest absolute Gasteiger partial charge is 0.262 e. The van der Waals surface area contributed by atoms with Crippen LogP contribution in [0.3, 0.4) is 0 Å². The number of benzene rings is 1. The first-order valence-corrected chi connectivity index (χ1v) is 8.77. The van der Waals surface area contributed by atoms with Gasteiger partial charge >= 0.3 is 0 Å². The van der Waals surface area contributed by atoms with Crippen LogP contribution in [0, 0.1) is 13.8 Å². The van der Waals surface area contributed by atoms with E-state index in [1.54, 1.807) is 6.20 Å². The van der Waals surface area contributed by atoms with Crippen LogP contribution in [-0.2, 0) is 10.0 Å². The molecule has 0 fully saturated rings. The van der Waals surface area contributed by atoms with Gasteiger partial charge in [-0.15, -0.1) is 0 Å². The summed E-state index contributed by atoms with van der Waals surface area (Å²) in [6.07, 6.45) is 2.88. The van der Waals surface area contributed by atoms with Crippen molar-refractivity contribution >= 4 is 26.0 Å². The lowest BCUT2D eigenvalue weighted by Gasteiger charge is -2.17. The summed E-state index contributed by atoms with van der Waals surface area (Å²) in [6, 6.07) is 7.23. The summed E-state index contributed by atoms with van der Waals surface area (Å²) >= 11 is 3.23. The first-order chi connectivity index (χ1) is 9.79. The predicted octanol–water partition coefficient (Wildman–Crippen LogP) is 3.50. The lowest BCUT2D eigenvalue weighted by Crippen LogP contribution is -2.27. The van der Waals surface area contributed by atoms with Crippen molar-refractivity contribution in [3.05, 3.63) is 57.8 Å². The summed E-state index contributed by atoms with van der Waals surface area (Å²) in [4.78, 5) is 4.04. The van der Waals surface area contributed by atoms with Crippen LogP contribution in [-0.4, -0.2) is 13.4 Å². The molecule has 2 aromatic rings. The minimum Gasteiger partial charge on any atom is -0.262 e. The number of nitrogens with zero attached hydrogens (tertiary/aromatic N) is 1. The Morgan fingerprint density at radius 3 is 2.57 bits per heavy atom. The molecule has 1 unspecified atom stereocenters. The van der Waals surface area contributed by atoms with Crippen LogP contribution in [0.5, 0.6) is 0 Å². The number of pyridine rings is 1.